The quantitative estimate of drug-likeness (QED) is 0.748. The summed E-state index contributed by atoms with van der Waals surface area (Å²) in [6.45, 7) is 7.58. The van der Waals surface area contributed by atoms with Crippen molar-refractivity contribution in [3.63, 3.8) is 0 Å². The fraction of sp³-hybridized carbons (Fsp3) is 0.667. The number of amides is 1. The SMILES string of the molecule is CC(C)(C)OC(=O)N1CCn2cc(CBr)nc2C1. The van der Waals surface area contributed by atoms with E-state index in [4.69, 9.17) is 4.74 Å². The Labute approximate surface area is 115 Å². The number of imidazole rings is 1. The van der Waals surface area contributed by atoms with E-state index in [0.29, 0.717) is 13.1 Å². The van der Waals surface area contributed by atoms with Gasteiger partial charge in [0, 0.05) is 24.6 Å². The first-order valence-corrected chi connectivity index (χ1v) is 7.10. The minimum atomic E-state index is -0.453. The van der Waals surface area contributed by atoms with Crippen molar-refractivity contribution in [3.8, 4) is 0 Å². The van der Waals surface area contributed by atoms with Crippen LogP contribution in [0.5, 0.6) is 0 Å². The van der Waals surface area contributed by atoms with E-state index in [1.807, 2.05) is 27.0 Å². The van der Waals surface area contributed by atoms with Crippen LogP contribution >= 0.6 is 15.9 Å². The zero-order valence-electron chi connectivity index (χ0n) is 10.9. The minimum Gasteiger partial charge on any atom is -0.444 e. The Bertz CT molecular complexity index is 451. The number of hydrogen-bond donors (Lipinski definition) is 0. The second-order valence-electron chi connectivity index (χ2n) is 5.38. The molecule has 1 aliphatic heterocycles. The molecule has 6 heteroatoms. The van der Waals surface area contributed by atoms with E-state index in [1.165, 1.54) is 0 Å². The number of rotatable bonds is 1. The molecule has 5 nitrogen and oxygen atoms in total. The molecule has 2 heterocycles. The van der Waals surface area contributed by atoms with E-state index < -0.39 is 5.60 Å². The molecule has 2 rings (SSSR count). The average molecular weight is 316 g/mol. The average Bonchev–Trinajstić information content (AvgIpc) is 2.68. The predicted octanol–water partition coefficient (Wildman–Crippen LogP) is 2.53. The summed E-state index contributed by atoms with van der Waals surface area (Å²) in [5.41, 5.74) is 0.543. The van der Waals surface area contributed by atoms with E-state index in [2.05, 4.69) is 25.5 Å². The van der Waals surface area contributed by atoms with Crippen LogP contribution in [-0.2, 0) is 23.2 Å². The highest BCUT2D eigenvalue weighted by Gasteiger charge is 2.26. The van der Waals surface area contributed by atoms with Gasteiger partial charge in [-0.05, 0) is 20.8 Å². The molecule has 0 N–H and O–H groups in total. The Morgan fingerprint density at radius 3 is 2.83 bits per heavy atom. The Balaban J connectivity index is 2.05. The second kappa shape index (κ2) is 4.91. The molecule has 0 saturated heterocycles. The standard InChI is InChI=1S/C12H18BrN3O2/c1-12(2,3)18-11(17)16-5-4-15-7-9(6-13)14-10(15)8-16/h7H,4-6,8H2,1-3H3. The van der Waals surface area contributed by atoms with Crippen LogP contribution in [0, 0.1) is 0 Å². The van der Waals surface area contributed by atoms with Crippen molar-refractivity contribution in [3.05, 3.63) is 17.7 Å². The van der Waals surface area contributed by atoms with Gasteiger partial charge in [-0.1, -0.05) is 15.9 Å². The van der Waals surface area contributed by atoms with E-state index in [-0.39, 0.29) is 6.09 Å². The largest absolute Gasteiger partial charge is 0.444 e. The predicted molar refractivity (Wildman–Crippen MR) is 71.5 cm³/mol. The molecule has 1 aromatic heterocycles. The number of hydrogen-bond acceptors (Lipinski definition) is 3. The first kappa shape index (κ1) is 13.4. The van der Waals surface area contributed by atoms with Crippen LogP contribution in [0.25, 0.3) is 0 Å². The Kier molecular flexibility index (Phi) is 3.66. The fourth-order valence-electron chi connectivity index (χ4n) is 1.86. The van der Waals surface area contributed by atoms with Gasteiger partial charge in [0.25, 0.3) is 0 Å². The van der Waals surface area contributed by atoms with E-state index >= 15 is 0 Å². The third kappa shape index (κ3) is 3.04. The third-order valence-electron chi connectivity index (χ3n) is 2.64. The molecule has 0 fully saturated rings. The monoisotopic (exact) mass is 315 g/mol. The highest BCUT2D eigenvalue weighted by atomic mass is 79.9. The molecular formula is C12H18BrN3O2. The lowest BCUT2D eigenvalue weighted by Crippen LogP contribution is -2.41. The van der Waals surface area contributed by atoms with Gasteiger partial charge < -0.3 is 9.30 Å². The number of halogens is 1. The number of ether oxygens (including phenoxy) is 1. The molecule has 0 spiro atoms. The van der Waals surface area contributed by atoms with Crippen LogP contribution in [-0.4, -0.2) is 32.7 Å². The molecule has 1 amide bonds. The Morgan fingerprint density at radius 1 is 1.50 bits per heavy atom. The fourth-order valence-corrected chi connectivity index (χ4v) is 2.13. The molecule has 0 radical (unpaired) electrons. The van der Waals surface area contributed by atoms with Gasteiger partial charge in [0.15, 0.2) is 0 Å². The van der Waals surface area contributed by atoms with Gasteiger partial charge >= 0.3 is 6.09 Å². The number of nitrogens with zero attached hydrogens (tertiary/aromatic N) is 3. The van der Waals surface area contributed by atoms with Gasteiger partial charge in [-0.3, -0.25) is 4.90 Å². The molecule has 1 aromatic rings. The van der Waals surface area contributed by atoms with Crippen molar-refractivity contribution in [1.29, 1.82) is 0 Å². The second-order valence-corrected chi connectivity index (χ2v) is 5.94. The molecule has 0 aromatic carbocycles. The normalized spacial score (nSPS) is 15.4. The van der Waals surface area contributed by atoms with E-state index in [0.717, 1.165) is 23.4 Å². The summed E-state index contributed by atoms with van der Waals surface area (Å²) in [6, 6.07) is 0. The Hall–Kier alpha value is -1.04. The zero-order valence-corrected chi connectivity index (χ0v) is 12.5. The van der Waals surface area contributed by atoms with Gasteiger partial charge in [-0.15, -0.1) is 0 Å². The van der Waals surface area contributed by atoms with Gasteiger partial charge in [-0.25, -0.2) is 9.78 Å². The highest BCUT2D eigenvalue weighted by molar-refractivity contribution is 9.08. The summed E-state index contributed by atoms with van der Waals surface area (Å²) in [6.07, 6.45) is 1.76. The van der Waals surface area contributed by atoms with Crippen molar-refractivity contribution < 1.29 is 9.53 Å². The number of fused-ring (bicyclic) bond motifs is 1. The topological polar surface area (TPSA) is 47.4 Å². The van der Waals surface area contributed by atoms with Gasteiger partial charge in [-0.2, -0.15) is 0 Å². The van der Waals surface area contributed by atoms with Crippen LogP contribution in [0.2, 0.25) is 0 Å². The van der Waals surface area contributed by atoms with Crippen molar-refractivity contribution >= 4 is 22.0 Å². The maximum Gasteiger partial charge on any atom is 0.410 e. The highest BCUT2D eigenvalue weighted by Crippen LogP contribution is 2.17. The lowest BCUT2D eigenvalue weighted by Gasteiger charge is -2.30. The molecule has 100 valence electrons. The van der Waals surface area contributed by atoms with Gasteiger partial charge in [0.1, 0.15) is 11.4 Å². The number of aromatic nitrogens is 2. The summed E-state index contributed by atoms with van der Waals surface area (Å²) in [5, 5.41) is 0.736. The first-order valence-electron chi connectivity index (χ1n) is 5.98. The van der Waals surface area contributed by atoms with Crippen LogP contribution in [0.1, 0.15) is 32.3 Å². The van der Waals surface area contributed by atoms with E-state index in [9.17, 15) is 4.79 Å². The van der Waals surface area contributed by atoms with Crippen molar-refractivity contribution in [2.24, 2.45) is 0 Å². The minimum absolute atomic E-state index is 0.267. The molecule has 18 heavy (non-hydrogen) atoms. The van der Waals surface area contributed by atoms with Crippen LogP contribution in [0.4, 0.5) is 4.79 Å². The smallest absolute Gasteiger partial charge is 0.410 e. The van der Waals surface area contributed by atoms with Gasteiger partial charge in [0.2, 0.25) is 0 Å². The number of alkyl halides is 1. The summed E-state index contributed by atoms with van der Waals surface area (Å²) in [5.74, 6) is 0.918. The van der Waals surface area contributed by atoms with Crippen molar-refractivity contribution in [2.75, 3.05) is 6.54 Å². The summed E-state index contributed by atoms with van der Waals surface area (Å²) >= 11 is 3.39. The van der Waals surface area contributed by atoms with E-state index in [1.54, 1.807) is 4.90 Å². The van der Waals surface area contributed by atoms with Gasteiger partial charge in [0.05, 0.1) is 12.2 Å². The molecule has 0 aliphatic carbocycles. The lowest BCUT2D eigenvalue weighted by atomic mass is 10.2. The maximum absolute atomic E-state index is 12.0. The molecule has 0 bridgehead atoms. The Morgan fingerprint density at radius 2 is 2.22 bits per heavy atom. The summed E-state index contributed by atoms with van der Waals surface area (Å²) in [4.78, 5) is 18.1. The van der Waals surface area contributed by atoms with Crippen molar-refractivity contribution in [1.82, 2.24) is 14.5 Å². The van der Waals surface area contributed by atoms with Crippen molar-refractivity contribution in [2.45, 2.75) is 44.8 Å². The molecular weight excluding hydrogens is 298 g/mol. The number of carbonyl (C=O) groups is 1. The number of carbonyl (C=O) groups excluding carboxylic acids is 1. The lowest BCUT2D eigenvalue weighted by molar-refractivity contribution is 0.0195. The summed E-state index contributed by atoms with van der Waals surface area (Å²) in [7, 11) is 0. The molecule has 0 saturated carbocycles. The molecule has 0 atom stereocenters. The first-order chi connectivity index (χ1) is 8.39. The molecule has 1 aliphatic rings. The maximum atomic E-state index is 12.0. The van der Waals surface area contributed by atoms with Crippen LogP contribution in [0.3, 0.4) is 0 Å². The van der Waals surface area contributed by atoms with Crippen LogP contribution < -0.4 is 0 Å². The molecule has 0 unspecified atom stereocenters. The zero-order chi connectivity index (χ0) is 13.3. The van der Waals surface area contributed by atoms with Crippen LogP contribution in [0.15, 0.2) is 6.20 Å². The summed E-state index contributed by atoms with van der Waals surface area (Å²) < 4.78 is 7.46. The third-order valence-corrected chi connectivity index (χ3v) is 3.22.